The number of nitrogens with zero attached hydrogens (tertiary/aromatic N) is 1. The standard InChI is InChI=1S/C11H14N2/c1-2-10(8-9-12)13-11-6-4-3-5-7-11/h3-7,10,13H,2,8H2,1H3. The Labute approximate surface area is 79.2 Å². The van der Waals surface area contributed by atoms with E-state index in [-0.39, 0.29) is 6.04 Å². The van der Waals surface area contributed by atoms with E-state index in [1.807, 2.05) is 30.3 Å². The van der Waals surface area contributed by atoms with E-state index in [1.165, 1.54) is 0 Å². The lowest BCUT2D eigenvalue weighted by Gasteiger charge is -2.14. The normalized spacial score (nSPS) is 11.7. The number of para-hydroxylation sites is 1. The lowest BCUT2D eigenvalue weighted by Crippen LogP contribution is -2.17. The quantitative estimate of drug-likeness (QED) is 0.761. The van der Waals surface area contributed by atoms with Gasteiger partial charge < -0.3 is 5.32 Å². The first-order valence-electron chi connectivity index (χ1n) is 4.55. The lowest BCUT2D eigenvalue weighted by atomic mass is 10.1. The highest BCUT2D eigenvalue weighted by molar-refractivity contribution is 5.43. The second kappa shape index (κ2) is 5.21. The van der Waals surface area contributed by atoms with Crippen LogP contribution in [0.3, 0.4) is 0 Å². The Morgan fingerprint density at radius 3 is 2.62 bits per heavy atom. The van der Waals surface area contributed by atoms with Gasteiger partial charge in [0.15, 0.2) is 0 Å². The van der Waals surface area contributed by atoms with Crippen LogP contribution in [0.15, 0.2) is 30.3 Å². The molecule has 2 heteroatoms. The lowest BCUT2D eigenvalue weighted by molar-refractivity contribution is 0.711. The van der Waals surface area contributed by atoms with Crippen LogP contribution in [0.1, 0.15) is 19.8 Å². The monoisotopic (exact) mass is 174 g/mol. The Morgan fingerprint density at radius 1 is 1.38 bits per heavy atom. The molecular weight excluding hydrogens is 160 g/mol. The summed E-state index contributed by atoms with van der Waals surface area (Å²) in [7, 11) is 0. The molecule has 1 atom stereocenters. The van der Waals surface area contributed by atoms with Crippen LogP contribution in [0, 0.1) is 11.3 Å². The van der Waals surface area contributed by atoms with Gasteiger partial charge in [0, 0.05) is 11.7 Å². The highest BCUT2D eigenvalue weighted by Crippen LogP contribution is 2.10. The third-order valence-corrected chi connectivity index (χ3v) is 1.98. The highest BCUT2D eigenvalue weighted by atomic mass is 14.9. The zero-order valence-electron chi connectivity index (χ0n) is 7.83. The molecule has 0 saturated heterocycles. The van der Waals surface area contributed by atoms with Crippen molar-refractivity contribution in [3.63, 3.8) is 0 Å². The molecule has 1 rings (SSSR count). The van der Waals surface area contributed by atoms with E-state index in [9.17, 15) is 0 Å². The van der Waals surface area contributed by atoms with Crippen molar-refractivity contribution in [2.45, 2.75) is 25.8 Å². The van der Waals surface area contributed by atoms with Gasteiger partial charge in [-0.2, -0.15) is 5.26 Å². The van der Waals surface area contributed by atoms with Crippen LogP contribution >= 0.6 is 0 Å². The van der Waals surface area contributed by atoms with Crippen molar-refractivity contribution in [3.05, 3.63) is 30.3 Å². The molecule has 13 heavy (non-hydrogen) atoms. The van der Waals surface area contributed by atoms with E-state index < -0.39 is 0 Å². The molecule has 0 aliphatic carbocycles. The molecule has 1 aromatic carbocycles. The van der Waals surface area contributed by atoms with Crippen LogP contribution in [0.5, 0.6) is 0 Å². The maximum absolute atomic E-state index is 8.56. The number of benzene rings is 1. The van der Waals surface area contributed by atoms with Gasteiger partial charge in [0.2, 0.25) is 0 Å². The molecule has 0 aliphatic heterocycles. The molecule has 1 aromatic rings. The summed E-state index contributed by atoms with van der Waals surface area (Å²) in [6.45, 7) is 2.08. The maximum atomic E-state index is 8.56. The second-order valence-corrected chi connectivity index (χ2v) is 2.98. The van der Waals surface area contributed by atoms with E-state index >= 15 is 0 Å². The van der Waals surface area contributed by atoms with Crippen LogP contribution in [-0.2, 0) is 0 Å². The third kappa shape index (κ3) is 3.16. The summed E-state index contributed by atoms with van der Waals surface area (Å²) in [6, 6.07) is 12.4. The van der Waals surface area contributed by atoms with Crippen molar-refractivity contribution in [2.75, 3.05) is 5.32 Å². The maximum Gasteiger partial charge on any atom is 0.0643 e. The van der Waals surface area contributed by atoms with Gasteiger partial charge in [-0.1, -0.05) is 25.1 Å². The second-order valence-electron chi connectivity index (χ2n) is 2.98. The molecule has 2 nitrogen and oxygen atoms in total. The average Bonchev–Trinajstić information content (AvgIpc) is 2.19. The van der Waals surface area contributed by atoms with Gasteiger partial charge in [0.1, 0.15) is 0 Å². The molecule has 0 aromatic heterocycles. The molecule has 0 aliphatic rings. The minimum absolute atomic E-state index is 0.271. The Hall–Kier alpha value is -1.49. The molecule has 68 valence electrons. The zero-order valence-corrected chi connectivity index (χ0v) is 7.83. The van der Waals surface area contributed by atoms with Crippen LogP contribution in [0.25, 0.3) is 0 Å². The Morgan fingerprint density at radius 2 is 2.08 bits per heavy atom. The molecule has 0 amide bonds. The average molecular weight is 174 g/mol. The summed E-state index contributed by atoms with van der Waals surface area (Å²) < 4.78 is 0. The molecule has 0 fully saturated rings. The summed E-state index contributed by atoms with van der Waals surface area (Å²) in [4.78, 5) is 0. The van der Waals surface area contributed by atoms with Gasteiger partial charge in [0.05, 0.1) is 12.5 Å². The van der Waals surface area contributed by atoms with Crippen molar-refractivity contribution in [1.82, 2.24) is 0 Å². The SMILES string of the molecule is CCC(CC#N)Nc1ccccc1. The first-order valence-corrected chi connectivity index (χ1v) is 4.55. The molecule has 0 bridgehead atoms. The van der Waals surface area contributed by atoms with Crippen molar-refractivity contribution in [2.24, 2.45) is 0 Å². The predicted octanol–water partition coefficient (Wildman–Crippen LogP) is 2.79. The molecule has 1 N–H and O–H groups in total. The zero-order chi connectivity index (χ0) is 9.52. The van der Waals surface area contributed by atoms with Crippen LogP contribution < -0.4 is 5.32 Å². The number of nitrogens with one attached hydrogen (secondary N) is 1. The van der Waals surface area contributed by atoms with E-state index in [1.54, 1.807) is 0 Å². The van der Waals surface area contributed by atoms with Crippen LogP contribution in [0.2, 0.25) is 0 Å². The smallest absolute Gasteiger partial charge is 0.0643 e. The fourth-order valence-corrected chi connectivity index (χ4v) is 1.18. The van der Waals surface area contributed by atoms with Crippen molar-refractivity contribution in [3.8, 4) is 6.07 Å². The van der Waals surface area contributed by atoms with Crippen LogP contribution in [0.4, 0.5) is 5.69 Å². The Bertz CT molecular complexity index is 274. The molecular formula is C11H14N2. The minimum Gasteiger partial charge on any atom is -0.381 e. The fourth-order valence-electron chi connectivity index (χ4n) is 1.18. The summed E-state index contributed by atoms with van der Waals surface area (Å²) in [5.41, 5.74) is 1.09. The van der Waals surface area contributed by atoms with Gasteiger partial charge in [0.25, 0.3) is 0 Å². The number of anilines is 1. The van der Waals surface area contributed by atoms with Crippen molar-refractivity contribution in [1.29, 1.82) is 5.26 Å². The molecule has 0 saturated carbocycles. The summed E-state index contributed by atoms with van der Waals surface area (Å²) in [5.74, 6) is 0. The van der Waals surface area contributed by atoms with Gasteiger partial charge in [-0.3, -0.25) is 0 Å². The summed E-state index contributed by atoms with van der Waals surface area (Å²) in [6.07, 6.45) is 1.54. The predicted molar refractivity (Wildman–Crippen MR) is 54.4 cm³/mol. The number of rotatable bonds is 4. The van der Waals surface area contributed by atoms with Gasteiger partial charge in [-0.15, -0.1) is 0 Å². The first kappa shape index (κ1) is 9.60. The molecule has 0 radical (unpaired) electrons. The Kier molecular flexibility index (Phi) is 3.84. The van der Waals surface area contributed by atoms with Crippen molar-refractivity contribution < 1.29 is 0 Å². The Balaban J connectivity index is 2.53. The third-order valence-electron chi connectivity index (χ3n) is 1.98. The van der Waals surface area contributed by atoms with Gasteiger partial charge in [-0.05, 0) is 18.6 Å². The molecule has 0 spiro atoms. The summed E-state index contributed by atoms with van der Waals surface area (Å²) >= 11 is 0. The fraction of sp³-hybridized carbons (Fsp3) is 0.364. The van der Waals surface area contributed by atoms with Gasteiger partial charge in [-0.25, -0.2) is 0 Å². The van der Waals surface area contributed by atoms with E-state index in [0.717, 1.165) is 12.1 Å². The number of hydrogen-bond acceptors (Lipinski definition) is 2. The van der Waals surface area contributed by atoms with E-state index in [0.29, 0.717) is 6.42 Å². The number of nitriles is 1. The van der Waals surface area contributed by atoms with Crippen molar-refractivity contribution >= 4 is 5.69 Å². The highest BCUT2D eigenvalue weighted by Gasteiger charge is 2.03. The molecule has 1 unspecified atom stereocenters. The topological polar surface area (TPSA) is 35.8 Å². The minimum atomic E-state index is 0.271. The molecule has 0 heterocycles. The first-order chi connectivity index (χ1) is 6.36. The van der Waals surface area contributed by atoms with Gasteiger partial charge >= 0.3 is 0 Å². The van der Waals surface area contributed by atoms with E-state index in [4.69, 9.17) is 5.26 Å². The summed E-state index contributed by atoms with van der Waals surface area (Å²) in [5, 5.41) is 11.9. The van der Waals surface area contributed by atoms with E-state index in [2.05, 4.69) is 18.3 Å². The van der Waals surface area contributed by atoms with Crippen LogP contribution in [-0.4, -0.2) is 6.04 Å². The largest absolute Gasteiger partial charge is 0.381 e. The number of hydrogen-bond donors (Lipinski definition) is 1.